The lowest BCUT2D eigenvalue weighted by molar-refractivity contribution is -0.00809. The smallest absolute Gasteiger partial charge is 0.193 e. The van der Waals surface area contributed by atoms with Crippen molar-refractivity contribution in [3.63, 3.8) is 0 Å². The summed E-state index contributed by atoms with van der Waals surface area (Å²) < 4.78 is 7.78. The van der Waals surface area contributed by atoms with Gasteiger partial charge in [-0.3, -0.25) is 9.67 Å². The molecule has 1 aliphatic heterocycles. The van der Waals surface area contributed by atoms with E-state index in [2.05, 4.69) is 20.3 Å². The lowest BCUT2D eigenvalue weighted by Crippen LogP contribution is -2.49. The number of nitrogens with one attached hydrogen (secondary N) is 1. The Bertz CT molecular complexity index is 554. The van der Waals surface area contributed by atoms with Crippen LogP contribution in [0.25, 0.3) is 0 Å². The molecule has 1 aromatic heterocycles. The van der Waals surface area contributed by atoms with Crippen LogP contribution in [-0.2, 0) is 11.8 Å². The highest BCUT2D eigenvalue weighted by Crippen LogP contribution is 2.23. The van der Waals surface area contributed by atoms with Gasteiger partial charge in [-0.05, 0) is 18.8 Å². The predicted molar refractivity (Wildman–Crippen MR) is 116 cm³/mol. The van der Waals surface area contributed by atoms with Gasteiger partial charge < -0.3 is 15.0 Å². The standard InChI is InChI=1S/C19H33N5O.HI/c1-20-19(21-12-16-8-6-4-3-5-7-9-16)24-10-11-25-18(15-24)17-13-22-23(2)14-17;/h13-14,16,18H,3-12,15H2,1-2H3,(H,20,21);1H. The molecule has 7 heteroatoms. The van der Waals surface area contributed by atoms with E-state index in [0.29, 0.717) is 0 Å². The first-order valence-electron chi connectivity index (χ1n) is 9.82. The van der Waals surface area contributed by atoms with Gasteiger partial charge in [0.1, 0.15) is 6.10 Å². The molecule has 1 saturated heterocycles. The SMILES string of the molecule is CN=C(NCC1CCCCCCC1)N1CCOC(c2cnn(C)c2)C1.I. The summed E-state index contributed by atoms with van der Waals surface area (Å²) in [6.45, 7) is 3.49. The molecule has 0 aromatic carbocycles. The number of aromatic nitrogens is 2. The molecule has 3 rings (SSSR count). The average Bonchev–Trinajstić information content (AvgIpc) is 3.04. The first kappa shape index (κ1) is 21.5. The van der Waals surface area contributed by atoms with Crippen LogP contribution < -0.4 is 5.32 Å². The molecule has 2 heterocycles. The third-order valence-corrected chi connectivity index (χ3v) is 5.45. The van der Waals surface area contributed by atoms with Crippen molar-refractivity contribution in [2.75, 3.05) is 33.3 Å². The molecule has 0 spiro atoms. The monoisotopic (exact) mass is 475 g/mol. The zero-order valence-corrected chi connectivity index (χ0v) is 18.5. The summed E-state index contributed by atoms with van der Waals surface area (Å²) in [4.78, 5) is 6.85. The summed E-state index contributed by atoms with van der Waals surface area (Å²) in [6, 6.07) is 0. The van der Waals surface area contributed by atoms with E-state index in [1.165, 1.54) is 44.9 Å². The molecule has 1 N–H and O–H groups in total. The number of nitrogens with zero attached hydrogens (tertiary/aromatic N) is 4. The van der Waals surface area contributed by atoms with E-state index in [0.717, 1.165) is 43.7 Å². The maximum Gasteiger partial charge on any atom is 0.193 e. The first-order chi connectivity index (χ1) is 12.3. The first-order valence-corrected chi connectivity index (χ1v) is 9.82. The Hall–Kier alpha value is -0.830. The molecule has 148 valence electrons. The van der Waals surface area contributed by atoms with Crippen LogP contribution in [0.1, 0.15) is 56.6 Å². The minimum atomic E-state index is 0. The van der Waals surface area contributed by atoms with E-state index >= 15 is 0 Å². The maximum atomic E-state index is 5.95. The second kappa shape index (κ2) is 11.1. The molecule has 1 aromatic rings. The van der Waals surface area contributed by atoms with Crippen LogP contribution in [0, 0.1) is 5.92 Å². The summed E-state index contributed by atoms with van der Waals surface area (Å²) in [5.74, 6) is 1.80. The molecule has 26 heavy (non-hydrogen) atoms. The van der Waals surface area contributed by atoms with Crippen LogP contribution in [0.3, 0.4) is 0 Å². The van der Waals surface area contributed by atoms with Crippen molar-refractivity contribution in [2.45, 2.75) is 51.0 Å². The zero-order chi connectivity index (χ0) is 17.5. The van der Waals surface area contributed by atoms with E-state index in [-0.39, 0.29) is 30.1 Å². The predicted octanol–water partition coefficient (Wildman–Crippen LogP) is 3.35. The van der Waals surface area contributed by atoms with Gasteiger partial charge in [0.05, 0.1) is 19.3 Å². The van der Waals surface area contributed by atoms with Crippen LogP contribution >= 0.6 is 24.0 Å². The zero-order valence-electron chi connectivity index (χ0n) is 16.2. The van der Waals surface area contributed by atoms with E-state index in [4.69, 9.17) is 4.74 Å². The summed E-state index contributed by atoms with van der Waals surface area (Å²) >= 11 is 0. The van der Waals surface area contributed by atoms with Crippen LogP contribution in [0.15, 0.2) is 17.4 Å². The van der Waals surface area contributed by atoms with Gasteiger partial charge >= 0.3 is 0 Å². The van der Waals surface area contributed by atoms with E-state index in [1.807, 2.05) is 31.2 Å². The van der Waals surface area contributed by atoms with Gasteiger partial charge in [0, 0.05) is 38.9 Å². The number of morpholine rings is 1. The highest BCUT2D eigenvalue weighted by molar-refractivity contribution is 14.0. The van der Waals surface area contributed by atoms with Crippen LogP contribution in [0.5, 0.6) is 0 Å². The van der Waals surface area contributed by atoms with Crippen molar-refractivity contribution >= 4 is 29.9 Å². The van der Waals surface area contributed by atoms with E-state index in [9.17, 15) is 0 Å². The molecule has 1 aliphatic carbocycles. The Balaban J connectivity index is 0.00000243. The number of aliphatic imine (C=N–C) groups is 1. The van der Waals surface area contributed by atoms with Crippen LogP contribution in [0.2, 0.25) is 0 Å². The molecule has 1 saturated carbocycles. The fraction of sp³-hybridized carbons (Fsp3) is 0.789. The maximum absolute atomic E-state index is 5.95. The average molecular weight is 475 g/mol. The highest BCUT2D eigenvalue weighted by atomic mass is 127. The van der Waals surface area contributed by atoms with Gasteiger partial charge in [0.2, 0.25) is 0 Å². The number of hydrogen-bond acceptors (Lipinski definition) is 3. The lowest BCUT2D eigenvalue weighted by Gasteiger charge is -2.35. The Labute approximate surface area is 174 Å². The third-order valence-electron chi connectivity index (χ3n) is 5.45. The number of halogens is 1. The number of aryl methyl sites for hydroxylation is 1. The summed E-state index contributed by atoms with van der Waals surface area (Å²) in [5.41, 5.74) is 1.14. The van der Waals surface area contributed by atoms with Crippen LogP contribution in [0.4, 0.5) is 0 Å². The number of rotatable bonds is 3. The molecule has 1 atom stereocenters. The van der Waals surface area contributed by atoms with Crippen molar-refractivity contribution in [1.29, 1.82) is 0 Å². The molecule has 1 unspecified atom stereocenters. The minimum absolute atomic E-state index is 0. The van der Waals surface area contributed by atoms with Gasteiger partial charge in [-0.15, -0.1) is 24.0 Å². The van der Waals surface area contributed by atoms with Crippen molar-refractivity contribution in [2.24, 2.45) is 18.0 Å². The molecular weight excluding hydrogens is 441 g/mol. The summed E-state index contributed by atoms with van der Waals surface area (Å²) in [5, 5.41) is 7.90. The molecule has 0 bridgehead atoms. The Kier molecular flexibility index (Phi) is 9.18. The van der Waals surface area contributed by atoms with Gasteiger partial charge in [0.15, 0.2) is 5.96 Å². The Morgan fingerprint density at radius 2 is 2.00 bits per heavy atom. The third kappa shape index (κ3) is 6.11. The van der Waals surface area contributed by atoms with Crippen molar-refractivity contribution in [1.82, 2.24) is 20.0 Å². The van der Waals surface area contributed by atoms with Gasteiger partial charge in [-0.2, -0.15) is 5.10 Å². The number of ether oxygens (including phenoxy) is 1. The molecule has 2 aliphatic rings. The highest BCUT2D eigenvalue weighted by Gasteiger charge is 2.25. The molecule has 0 amide bonds. The summed E-state index contributed by atoms with van der Waals surface area (Å²) in [7, 11) is 3.83. The summed E-state index contributed by atoms with van der Waals surface area (Å²) in [6.07, 6.45) is 13.7. The van der Waals surface area contributed by atoms with Crippen LogP contribution in [-0.4, -0.2) is 53.9 Å². The fourth-order valence-electron chi connectivity index (χ4n) is 3.96. The fourth-order valence-corrected chi connectivity index (χ4v) is 3.96. The second-order valence-electron chi connectivity index (χ2n) is 7.39. The quantitative estimate of drug-likeness (QED) is 0.414. The van der Waals surface area contributed by atoms with Crippen molar-refractivity contribution in [3.05, 3.63) is 18.0 Å². The second-order valence-corrected chi connectivity index (χ2v) is 7.39. The van der Waals surface area contributed by atoms with Gasteiger partial charge in [0.25, 0.3) is 0 Å². The molecular formula is C19H34IN5O. The van der Waals surface area contributed by atoms with Gasteiger partial charge in [-0.25, -0.2) is 0 Å². The van der Waals surface area contributed by atoms with Gasteiger partial charge in [-0.1, -0.05) is 32.1 Å². The lowest BCUT2D eigenvalue weighted by atomic mass is 9.91. The van der Waals surface area contributed by atoms with E-state index in [1.54, 1.807) is 0 Å². The molecule has 6 nitrogen and oxygen atoms in total. The number of guanidine groups is 1. The minimum Gasteiger partial charge on any atom is -0.370 e. The van der Waals surface area contributed by atoms with Crippen molar-refractivity contribution in [3.8, 4) is 0 Å². The molecule has 0 radical (unpaired) electrons. The van der Waals surface area contributed by atoms with E-state index < -0.39 is 0 Å². The number of hydrogen-bond donors (Lipinski definition) is 1. The topological polar surface area (TPSA) is 54.7 Å². The Morgan fingerprint density at radius 1 is 1.27 bits per heavy atom. The normalized spacial score (nSPS) is 23.1. The molecule has 2 fully saturated rings. The van der Waals surface area contributed by atoms with Crippen molar-refractivity contribution < 1.29 is 4.74 Å². The largest absolute Gasteiger partial charge is 0.370 e. The Morgan fingerprint density at radius 3 is 2.65 bits per heavy atom.